The van der Waals surface area contributed by atoms with E-state index in [4.69, 9.17) is 9.47 Å². The number of ether oxygens (including phenoxy) is 2. The van der Waals surface area contributed by atoms with Gasteiger partial charge in [0.05, 0.1) is 12.8 Å². The molecule has 0 atom stereocenters. The number of hydrogen-bond acceptors (Lipinski definition) is 5. The first kappa shape index (κ1) is 14.4. The van der Waals surface area contributed by atoms with Crippen molar-refractivity contribution in [2.75, 3.05) is 20.3 Å². The van der Waals surface area contributed by atoms with Crippen molar-refractivity contribution in [2.24, 2.45) is 0 Å². The Hall–Kier alpha value is -1.98. The largest absolute Gasteiger partial charge is 0.437 e. The minimum absolute atomic E-state index is 0.610. The van der Waals surface area contributed by atoms with Crippen molar-refractivity contribution in [3.05, 3.63) is 47.9 Å². The first-order valence-corrected chi connectivity index (χ1v) is 6.52. The van der Waals surface area contributed by atoms with Crippen molar-refractivity contribution in [3.8, 4) is 11.6 Å². The third kappa shape index (κ3) is 4.29. The molecule has 0 spiro atoms. The molecule has 0 amide bonds. The summed E-state index contributed by atoms with van der Waals surface area (Å²) in [7, 11) is 1.69. The quantitative estimate of drug-likeness (QED) is 0.785. The Kier molecular flexibility index (Phi) is 5.46. The fourth-order valence-electron chi connectivity index (χ4n) is 1.75. The summed E-state index contributed by atoms with van der Waals surface area (Å²) in [5.41, 5.74) is 2.12. The third-order valence-corrected chi connectivity index (χ3v) is 2.75. The molecule has 0 aliphatic rings. The zero-order chi connectivity index (χ0) is 14.2. The van der Waals surface area contributed by atoms with Gasteiger partial charge in [-0.15, -0.1) is 0 Å². The third-order valence-electron chi connectivity index (χ3n) is 2.75. The van der Waals surface area contributed by atoms with Crippen molar-refractivity contribution in [1.82, 2.24) is 15.3 Å². The first-order valence-electron chi connectivity index (χ1n) is 6.52. The van der Waals surface area contributed by atoms with Gasteiger partial charge in [-0.05, 0) is 30.7 Å². The molecule has 1 N–H and O–H groups in total. The number of nitrogens with zero attached hydrogens (tertiary/aromatic N) is 2. The molecule has 2 heterocycles. The van der Waals surface area contributed by atoms with E-state index in [-0.39, 0.29) is 0 Å². The van der Waals surface area contributed by atoms with Crippen LogP contribution in [0.1, 0.15) is 11.1 Å². The van der Waals surface area contributed by atoms with Gasteiger partial charge >= 0.3 is 0 Å². The number of rotatable bonds is 7. The lowest BCUT2D eigenvalue weighted by atomic mass is 10.2. The van der Waals surface area contributed by atoms with Crippen LogP contribution < -0.4 is 10.1 Å². The van der Waals surface area contributed by atoms with E-state index >= 15 is 0 Å². The highest BCUT2D eigenvalue weighted by Crippen LogP contribution is 2.22. The zero-order valence-corrected chi connectivity index (χ0v) is 11.8. The monoisotopic (exact) mass is 273 g/mol. The van der Waals surface area contributed by atoms with Gasteiger partial charge in [-0.25, -0.2) is 4.98 Å². The van der Waals surface area contributed by atoms with Crippen LogP contribution >= 0.6 is 0 Å². The molecule has 0 unspecified atom stereocenters. The predicted molar refractivity (Wildman–Crippen MR) is 76.9 cm³/mol. The van der Waals surface area contributed by atoms with E-state index in [2.05, 4.69) is 21.4 Å². The molecule has 0 fully saturated rings. The lowest BCUT2D eigenvalue weighted by molar-refractivity contribution is 0.199. The van der Waals surface area contributed by atoms with Crippen molar-refractivity contribution in [3.63, 3.8) is 0 Å². The molecule has 5 nitrogen and oxygen atoms in total. The Bertz CT molecular complexity index is 532. The summed E-state index contributed by atoms with van der Waals surface area (Å²) in [4.78, 5) is 8.36. The second-order valence-electron chi connectivity index (χ2n) is 4.43. The summed E-state index contributed by atoms with van der Waals surface area (Å²) in [6.45, 7) is 4.28. The first-order chi connectivity index (χ1) is 9.79. The highest BCUT2D eigenvalue weighted by molar-refractivity contribution is 5.32. The number of nitrogens with one attached hydrogen (secondary N) is 1. The maximum atomic E-state index is 5.69. The lowest BCUT2D eigenvalue weighted by Gasteiger charge is -2.09. The standard InChI is InChI=1S/C15H19N3O2/c1-12-8-13(9-17-6-7-19-2)10-18-15(12)20-14-4-3-5-16-11-14/h3-5,8,10-11,17H,6-7,9H2,1-2H3. The van der Waals surface area contributed by atoms with Crippen LogP contribution in [0.25, 0.3) is 0 Å². The number of methoxy groups -OCH3 is 1. The maximum Gasteiger partial charge on any atom is 0.222 e. The number of hydrogen-bond donors (Lipinski definition) is 1. The molecule has 0 saturated carbocycles. The van der Waals surface area contributed by atoms with Crippen LogP contribution in [0, 0.1) is 6.92 Å². The number of aromatic nitrogens is 2. The van der Waals surface area contributed by atoms with Crippen LogP contribution in [-0.2, 0) is 11.3 Å². The van der Waals surface area contributed by atoms with Crippen LogP contribution in [0.15, 0.2) is 36.8 Å². The van der Waals surface area contributed by atoms with E-state index in [0.717, 1.165) is 24.2 Å². The van der Waals surface area contributed by atoms with Gasteiger partial charge in [0.2, 0.25) is 5.88 Å². The minimum atomic E-state index is 0.610. The molecule has 0 bridgehead atoms. The average molecular weight is 273 g/mol. The predicted octanol–water partition coefficient (Wildman–Crippen LogP) is 2.31. The molecular formula is C15H19N3O2. The van der Waals surface area contributed by atoms with Crippen LogP contribution in [0.4, 0.5) is 0 Å². The maximum absolute atomic E-state index is 5.69. The molecule has 0 aliphatic heterocycles. The molecular weight excluding hydrogens is 254 g/mol. The van der Waals surface area contributed by atoms with Gasteiger partial charge in [-0.1, -0.05) is 0 Å². The van der Waals surface area contributed by atoms with E-state index in [0.29, 0.717) is 18.2 Å². The highest BCUT2D eigenvalue weighted by Gasteiger charge is 2.04. The molecule has 0 radical (unpaired) electrons. The van der Waals surface area contributed by atoms with Gasteiger partial charge in [-0.2, -0.15) is 0 Å². The molecule has 106 valence electrons. The molecule has 2 aromatic rings. The van der Waals surface area contributed by atoms with Crippen LogP contribution in [0.2, 0.25) is 0 Å². The second kappa shape index (κ2) is 7.57. The van der Waals surface area contributed by atoms with Crippen molar-refractivity contribution < 1.29 is 9.47 Å². The van der Waals surface area contributed by atoms with E-state index < -0.39 is 0 Å². The fourth-order valence-corrected chi connectivity index (χ4v) is 1.75. The Balaban J connectivity index is 1.95. The molecule has 0 aromatic carbocycles. The van der Waals surface area contributed by atoms with Gasteiger partial charge in [-0.3, -0.25) is 4.98 Å². The Morgan fingerprint density at radius 2 is 2.20 bits per heavy atom. The normalized spacial score (nSPS) is 10.5. The Morgan fingerprint density at radius 1 is 1.30 bits per heavy atom. The van der Waals surface area contributed by atoms with Gasteiger partial charge < -0.3 is 14.8 Å². The lowest BCUT2D eigenvalue weighted by Crippen LogP contribution is -2.18. The molecule has 2 aromatic heterocycles. The average Bonchev–Trinajstić information content (AvgIpc) is 2.47. The van der Waals surface area contributed by atoms with E-state index in [9.17, 15) is 0 Å². The molecule has 2 rings (SSSR count). The minimum Gasteiger partial charge on any atom is -0.437 e. The van der Waals surface area contributed by atoms with Crippen molar-refractivity contribution in [1.29, 1.82) is 0 Å². The molecule has 0 aliphatic carbocycles. The smallest absolute Gasteiger partial charge is 0.222 e. The van der Waals surface area contributed by atoms with Crippen molar-refractivity contribution >= 4 is 0 Å². The van der Waals surface area contributed by atoms with E-state index in [1.165, 1.54) is 0 Å². The summed E-state index contributed by atoms with van der Waals surface area (Å²) in [6, 6.07) is 5.76. The summed E-state index contributed by atoms with van der Waals surface area (Å²) in [6.07, 6.45) is 5.20. The summed E-state index contributed by atoms with van der Waals surface area (Å²) < 4.78 is 10.7. The van der Waals surface area contributed by atoms with Crippen LogP contribution in [0.5, 0.6) is 11.6 Å². The van der Waals surface area contributed by atoms with Crippen LogP contribution in [-0.4, -0.2) is 30.2 Å². The summed E-state index contributed by atoms with van der Waals surface area (Å²) in [5.74, 6) is 1.30. The Labute approximate surface area is 119 Å². The van der Waals surface area contributed by atoms with Crippen molar-refractivity contribution in [2.45, 2.75) is 13.5 Å². The summed E-state index contributed by atoms with van der Waals surface area (Å²) >= 11 is 0. The Morgan fingerprint density at radius 3 is 2.90 bits per heavy atom. The highest BCUT2D eigenvalue weighted by atomic mass is 16.5. The zero-order valence-electron chi connectivity index (χ0n) is 11.8. The second-order valence-corrected chi connectivity index (χ2v) is 4.43. The SMILES string of the molecule is COCCNCc1cnc(Oc2cccnc2)c(C)c1. The van der Waals surface area contributed by atoms with Crippen LogP contribution in [0.3, 0.4) is 0 Å². The number of pyridine rings is 2. The van der Waals surface area contributed by atoms with Gasteiger partial charge in [0.1, 0.15) is 5.75 Å². The van der Waals surface area contributed by atoms with E-state index in [1.807, 2.05) is 25.3 Å². The van der Waals surface area contributed by atoms with E-state index in [1.54, 1.807) is 19.5 Å². The van der Waals surface area contributed by atoms with Gasteiger partial charge in [0.25, 0.3) is 0 Å². The summed E-state index contributed by atoms with van der Waals surface area (Å²) in [5, 5.41) is 3.28. The van der Waals surface area contributed by atoms with Gasteiger partial charge in [0.15, 0.2) is 0 Å². The molecule has 0 saturated heterocycles. The van der Waals surface area contributed by atoms with Gasteiger partial charge in [0, 0.05) is 38.2 Å². The topological polar surface area (TPSA) is 56.3 Å². The fraction of sp³-hybridized carbons (Fsp3) is 0.333. The molecule has 20 heavy (non-hydrogen) atoms. The number of aryl methyl sites for hydroxylation is 1. The molecule has 5 heteroatoms.